The number of piperidine rings is 1. The second-order valence-electron chi connectivity index (χ2n) is 5.53. The van der Waals surface area contributed by atoms with Crippen molar-refractivity contribution < 1.29 is 9.90 Å². The molecule has 1 aromatic heterocycles. The fourth-order valence-corrected chi connectivity index (χ4v) is 3.43. The molecular formula is C14H22N2O3S. The smallest absolute Gasteiger partial charge is 0.307 e. The molecule has 1 aromatic rings. The molecule has 0 spiro atoms. The molecule has 0 aliphatic carbocycles. The number of carbonyl (C=O) groups excluding carboxylic acids is 1. The van der Waals surface area contributed by atoms with Crippen LogP contribution in [0.5, 0.6) is 0 Å². The van der Waals surface area contributed by atoms with Crippen LogP contribution in [0.2, 0.25) is 0 Å². The summed E-state index contributed by atoms with van der Waals surface area (Å²) in [7, 11) is 0. The van der Waals surface area contributed by atoms with E-state index in [4.69, 9.17) is 0 Å². The molecule has 5 nitrogen and oxygen atoms in total. The Bertz CT molecular complexity index is 521. The number of thiazole rings is 1. The van der Waals surface area contributed by atoms with E-state index in [0.29, 0.717) is 19.5 Å². The summed E-state index contributed by atoms with van der Waals surface area (Å²) in [5.41, 5.74) is 0.910. The van der Waals surface area contributed by atoms with Crippen LogP contribution in [0.15, 0.2) is 10.2 Å². The normalized spacial score (nSPS) is 20.9. The molecule has 1 saturated heterocycles. The number of hydrogen-bond acceptors (Lipinski definition) is 4. The molecule has 1 aliphatic heterocycles. The van der Waals surface area contributed by atoms with E-state index in [2.05, 4.69) is 0 Å². The highest BCUT2D eigenvalue weighted by Crippen LogP contribution is 2.20. The summed E-state index contributed by atoms with van der Waals surface area (Å²) in [5.74, 6) is 0.256. The molecule has 0 aromatic carbocycles. The molecule has 0 radical (unpaired) electrons. The van der Waals surface area contributed by atoms with Crippen molar-refractivity contribution in [3.63, 3.8) is 0 Å². The third-order valence-corrected chi connectivity index (χ3v) is 4.90. The predicted molar refractivity (Wildman–Crippen MR) is 78.9 cm³/mol. The number of carbonyl (C=O) groups is 1. The minimum Gasteiger partial charge on any atom is -0.393 e. The highest BCUT2D eigenvalue weighted by Gasteiger charge is 2.26. The van der Waals surface area contributed by atoms with Gasteiger partial charge in [-0.15, -0.1) is 0 Å². The first-order chi connectivity index (χ1) is 9.49. The SMILES string of the molecule is Cc1csc(=O)n1CCC(=O)N1CCCC(C(C)O)C1. The van der Waals surface area contributed by atoms with Gasteiger partial charge in [0.2, 0.25) is 5.91 Å². The van der Waals surface area contributed by atoms with Crippen molar-refractivity contribution in [1.29, 1.82) is 0 Å². The van der Waals surface area contributed by atoms with Crippen molar-refractivity contribution in [2.45, 2.75) is 45.8 Å². The van der Waals surface area contributed by atoms with Gasteiger partial charge in [0.25, 0.3) is 0 Å². The summed E-state index contributed by atoms with van der Waals surface area (Å²) >= 11 is 1.17. The van der Waals surface area contributed by atoms with Crippen LogP contribution in [-0.2, 0) is 11.3 Å². The first kappa shape index (κ1) is 15.3. The zero-order valence-electron chi connectivity index (χ0n) is 12.0. The van der Waals surface area contributed by atoms with Crippen LogP contribution in [0, 0.1) is 12.8 Å². The number of aryl methyl sites for hydroxylation is 1. The van der Waals surface area contributed by atoms with Gasteiger partial charge in [0.1, 0.15) is 0 Å². The first-order valence-corrected chi connectivity index (χ1v) is 7.97. The lowest BCUT2D eigenvalue weighted by molar-refractivity contribution is -0.134. The number of aliphatic hydroxyl groups is 1. The van der Waals surface area contributed by atoms with Crippen LogP contribution in [0.3, 0.4) is 0 Å². The Morgan fingerprint density at radius 1 is 1.60 bits per heavy atom. The molecule has 2 rings (SSSR count). The molecule has 0 bridgehead atoms. The van der Waals surface area contributed by atoms with Crippen LogP contribution >= 0.6 is 11.3 Å². The van der Waals surface area contributed by atoms with Crippen molar-refractivity contribution in [2.75, 3.05) is 13.1 Å². The summed E-state index contributed by atoms with van der Waals surface area (Å²) in [6, 6.07) is 0. The summed E-state index contributed by atoms with van der Waals surface area (Å²) in [6.07, 6.45) is 1.90. The molecule has 1 N–H and O–H groups in total. The maximum Gasteiger partial charge on any atom is 0.307 e. The van der Waals surface area contributed by atoms with Gasteiger partial charge in [-0.1, -0.05) is 11.3 Å². The van der Waals surface area contributed by atoms with Gasteiger partial charge < -0.3 is 14.6 Å². The van der Waals surface area contributed by atoms with Crippen molar-refractivity contribution in [2.24, 2.45) is 5.92 Å². The van der Waals surface area contributed by atoms with E-state index in [1.807, 2.05) is 17.2 Å². The van der Waals surface area contributed by atoms with Gasteiger partial charge in [-0.25, -0.2) is 0 Å². The molecular weight excluding hydrogens is 276 g/mol. The summed E-state index contributed by atoms with van der Waals surface area (Å²) < 4.78 is 1.65. The lowest BCUT2D eigenvalue weighted by Gasteiger charge is -2.34. The van der Waals surface area contributed by atoms with Gasteiger partial charge in [-0.2, -0.15) is 0 Å². The zero-order chi connectivity index (χ0) is 14.7. The monoisotopic (exact) mass is 298 g/mol. The molecule has 2 unspecified atom stereocenters. The van der Waals surface area contributed by atoms with Gasteiger partial charge in [0.05, 0.1) is 6.10 Å². The van der Waals surface area contributed by atoms with Crippen LogP contribution < -0.4 is 4.87 Å². The van der Waals surface area contributed by atoms with Crippen molar-refractivity contribution in [3.05, 3.63) is 20.7 Å². The van der Waals surface area contributed by atoms with Gasteiger partial charge in [-0.05, 0) is 26.7 Å². The number of nitrogens with zero attached hydrogens (tertiary/aromatic N) is 2. The van der Waals surface area contributed by atoms with E-state index in [9.17, 15) is 14.7 Å². The molecule has 0 saturated carbocycles. The summed E-state index contributed by atoms with van der Waals surface area (Å²) in [6.45, 7) is 5.51. The maximum absolute atomic E-state index is 12.2. The Morgan fingerprint density at radius 2 is 2.35 bits per heavy atom. The summed E-state index contributed by atoms with van der Waals surface area (Å²) in [5, 5.41) is 11.5. The van der Waals surface area contributed by atoms with Gasteiger partial charge in [-0.3, -0.25) is 9.59 Å². The fourth-order valence-electron chi connectivity index (χ4n) is 2.67. The largest absolute Gasteiger partial charge is 0.393 e. The van der Waals surface area contributed by atoms with E-state index in [1.54, 1.807) is 11.5 Å². The Kier molecular flexibility index (Phi) is 4.99. The van der Waals surface area contributed by atoms with E-state index in [-0.39, 0.29) is 22.8 Å². The van der Waals surface area contributed by atoms with Crippen LogP contribution in [0.1, 0.15) is 31.9 Å². The Labute approximate surface area is 122 Å². The van der Waals surface area contributed by atoms with E-state index in [1.165, 1.54) is 11.3 Å². The second-order valence-corrected chi connectivity index (χ2v) is 6.35. The lowest BCUT2D eigenvalue weighted by atomic mass is 9.93. The van der Waals surface area contributed by atoms with Crippen molar-refractivity contribution >= 4 is 17.2 Å². The number of hydrogen-bond donors (Lipinski definition) is 1. The molecule has 1 aliphatic rings. The van der Waals surface area contributed by atoms with Crippen molar-refractivity contribution in [1.82, 2.24) is 9.47 Å². The number of aromatic nitrogens is 1. The maximum atomic E-state index is 12.2. The molecule has 20 heavy (non-hydrogen) atoms. The van der Waals surface area contributed by atoms with Crippen LogP contribution in [0.4, 0.5) is 0 Å². The van der Waals surface area contributed by atoms with Gasteiger partial charge in [0, 0.05) is 43.0 Å². The highest BCUT2D eigenvalue weighted by atomic mass is 32.1. The number of amides is 1. The minimum atomic E-state index is -0.368. The zero-order valence-corrected chi connectivity index (χ0v) is 12.9. The van der Waals surface area contributed by atoms with Crippen molar-refractivity contribution in [3.8, 4) is 0 Å². The molecule has 1 amide bonds. The molecule has 2 atom stereocenters. The van der Waals surface area contributed by atoms with Gasteiger partial charge >= 0.3 is 4.87 Å². The predicted octanol–water partition coefficient (Wildman–Crippen LogP) is 1.23. The number of rotatable bonds is 4. The summed E-state index contributed by atoms with van der Waals surface area (Å²) in [4.78, 5) is 25.6. The standard InChI is InChI=1S/C14H22N2O3S/c1-10-9-20-14(19)16(10)7-5-13(18)15-6-3-4-12(8-15)11(2)17/h9,11-12,17H,3-8H2,1-2H3. The molecule has 2 heterocycles. The Hall–Kier alpha value is -1.14. The number of likely N-dealkylation sites (tertiary alicyclic amines) is 1. The molecule has 6 heteroatoms. The number of aliphatic hydroxyl groups excluding tert-OH is 1. The minimum absolute atomic E-state index is 0.00389. The quantitative estimate of drug-likeness (QED) is 0.909. The van der Waals surface area contributed by atoms with E-state index < -0.39 is 0 Å². The Balaban J connectivity index is 1.90. The Morgan fingerprint density at radius 3 is 2.95 bits per heavy atom. The fraction of sp³-hybridized carbons (Fsp3) is 0.714. The van der Waals surface area contributed by atoms with Crippen LogP contribution in [-0.4, -0.2) is 39.7 Å². The van der Waals surface area contributed by atoms with Crippen LogP contribution in [0.25, 0.3) is 0 Å². The first-order valence-electron chi connectivity index (χ1n) is 7.10. The molecule has 1 fully saturated rings. The third kappa shape index (κ3) is 3.49. The average molecular weight is 298 g/mol. The third-order valence-electron chi connectivity index (χ3n) is 4.02. The average Bonchev–Trinajstić information content (AvgIpc) is 2.75. The topological polar surface area (TPSA) is 62.5 Å². The molecule has 112 valence electrons. The van der Waals surface area contributed by atoms with Gasteiger partial charge in [0.15, 0.2) is 0 Å². The lowest BCUT2D eigenvalue weighted by Crippen LogP contribution is -2.43. The second kappa shape index (κ2) is 6.54. The highest BCUT2D eigenvalue weighted by molar-refractivity contribution is 7.07. The van der Waals surface area contributed by atoms with E-state index in [0.717, 1.165) is 25.1 Å². The van der Waals surface area contributed by atoms with E-state index >= 15 is 0 Å².